The van der Waals surface area contributed by atoms with Crippen molar-refractivity contribution in [2.75, 3.05) is 18.5 Å². The number of hydrogen-bond donors (Lipinski definition) is 2. The van der Waals surface area contributed by atoms with Crippen molar-refractivity contribution in [2.24, 2.45) is 0 Å². The van der Waals surface area contributed by atoms with Crippen molar-refractivity contribution in [1.82, 2.24) is 15.3 Å². The minimum atomic E-state index is -0.169. The van der Waals surface area contributed by atoms with Crippen LogP contribution >= 0.6 is 11.3 Å². The van der Waals surface area contributed by atoms with E-state index in [1.54, 1.807) is 6.20 Å². The second kappa shape index (κ2) is 7.18. The summed E-state index contributed by atoms with van der Waals surface area (Å²) in [6, 6.07) is 5.41. The Kier molecular flexibility index (Phi) is 4.88. The molecule has 4 heterocycles. The minimum Gasteiger partial charge on any atom is -0.371 e. The van der Waals surface area contributed by atoms with Crippen LogP contribution in [0.4, 0.5) is 5.95 Å². The van der Waals surface area contributed by atoms with Gasteiger partial charge in [-0.25, -0.2) is 9.97 Å². The highest BCUT2D eigenvalue weighted by molar-refractivity contribution is 7.12. The largest absolute Gasteiger partial charge is 0.371 e. The van der Waals surface area contributed by atoms with Crippen LogP contribution in [-0.4, -0.2) is 53.4 Å². The quantitative estimate of drug-likeness (QED) is 0.835. The van der Waals surface area contributed by atoms with Crippen molar-refractivity contribution < 1.29 is 14.3 Å². The van der Waals surface area contributed by atoms with E-state index >= 15 is 0 Å². The Hall–Kier alpha value is -2.03. The molecular formula is C19H24N4O3S. The first-order valence-corrected chi connectivity index (χ1v) is 9.97. The number of anilines is 1. The number of amides is 1. The molecule has 2 aromatic heterocycles. The van der Waals surface area contributed by atoms with E-state index in [1.165, 1.54) is 11.3 Å². The van der Waals surface area contributed by atoms with E-state index in [4.69, 9.17) is 9.47 Å². The Morgan fingerprint density at radius 1 is 1.19 bits per heavy atom. The number of nitrogens with zero attached hydrogens (tertiary/aromatic N) is 2. The third-order valence-electron chi connectivity index (χ3n) is 4.85. The number of aromatic nitrogens is 2. The van der Waals surface area contributed by atoms with Gasteiger partial charge in [0.15, 0.2) is 0 Å². The topological polar surface area (TPSA) is 85.4 Å². The first-order valence-electron chi connectivity index (χ1n) is 9.09. The van der Waals surface area contributed by atoms with E-state index in [2.05, 4.69) is 41.4 Å². The SMILES string of the molecule is CC(C)(C)c1ccnc(N[C@@H]2CO[C@@H]3[C@@H]2OC[C@@H]3NC(=O)c2cccs2)n1. The molecule has 0 bridgehead atoms. The highest BCUT2D eigenvalue weighted by atomic mass is 32.1. The van der Waals surface area contributed by atoms with E-state index in [-0.39, 0.29) is 35.6 Å². The third-order valence-corrected chi connectivity index (χ3v) is 5.72. The molecule has 1 amide bonds. The summed E-state index contributed by atoms with van der Waals surface area (Å²) in [7, 11) is 0. The van der Waals surface area contributed by atoms with Gasteiger partial charge in [0.2, 0.25) is 5.95 Å². The molecular weight excluding hydrogens is 364 g/mol. The number of carbonyl (C=O) groups excluding carboxylic acids is 1. The Labute approximate surface area is 162 Å². The van der Waals surface area contributed by atoms with Crippen LogP contribution in [0.15, 0.2) is 29.8 Å². The Bertz CT molecular complexity index is 806. The lowest BCUT2D eigenvalue weighted by molar-refractivity contribution is 0.0652. The standard InChI is InChI=1S/C19H24N4O3S/c1-19(2,3)14-6-7-20-18(23-14)22-12-10-26-15-11(9-25-16(12)15)21-17(24)13-5-4-8-27-13/h4-8,11-12,15-16H,9-10H2,1-3H3,(H,21,24)(H,20,22,23)/t11-,12+,15-,16+/m0/s1. The fraction of sp³-hybridized carbons (Fsp3) is 0.526. The minimum absolute atomic E-state index is 0.0465. The average molecular weight is 388 g/mol. The zero-order valence-corrected chi connectivity index (χ0v) is 16.5. The molecule has 7 nitrogen and oxygen atoms in total. The van der Waals surface area contributed by atoms with E-state index in [0.29, 0.717) is 24.0 Å². The van der Waals surface area contributed by atoms with Crippen molar-refractivity contribution in [3.8, 4) is 0 Å². The first kappa shape index (κ1) is 18.3. The van der Waals surface area contributed by atoms with Crippen LogP contribution in [0.2, 0.25) is 0 Å². The van der Waals surface area contributed by atoms with Gasteiger partial charge in [-0.15, -0.1) is 11.3 Å². The van der Waals surface area contributed by atoms with Gasteiger partial charge in [-0.05, 0) is 17.5 Å². The summed E-state index contributed by atoms with van der Waals surface area (Å²) >= 11 is 1.42. The summed E-state index contributed by atoms with van der Waals surface area (Å²) in [5.41, 5.74) is 0.929. The Balaban J connectivity index is 1.40. The van der Waals surface area contributed by atoms with Crippen molar-refractivity contribution in [3.63, 3.8) is 0 Å². The molecule has 0 spiro atoms. The normalized spacial score (nSPS) is 27.4. The van der Waals surface area contributed by atoms with Gasteiger partial charge in [0.1, 0.15) is 12.2 Å². The molecule has 0 aromatic carbocycles. The molecule has 0 aliphatic carbocycles. The molecule has 0 unspecified atom stereocenters. The summed E-state index contributed by atoms with van der Waals surface area (Å²) < 4.78 is 11.9. The van der Waals surface area contributed by atoms with Gasteiger partial charge < -0.3 is 20.1 Å². The summed E-state index contributed by atoms with van der Waals surface area (Å²) in [5, 5.41) is 8.26. The lowest BCUT2D eigenvalue weighted by Gasteiger charge is -2.21. The molecule has 2 aliphatic rings. The van der Waals surface area contributed by atoms with Gasteiger partial charge in [0, 0.05) is 11.6 Å². The van der Waals surface area contributed by atoms with Gasteiger partial charge >= 0.3 is 0 Å². The van der Waals surface area contributed by atoms with E-state index in [1.807, 2.05) is 23.6 Å². The second-order valence-electron chi connectivity index (χ2n) is 7.92. The smallest absolute Gasteiger partial charge is 0.261 e. The molecule has 4 atom stereocenters. The number of nitrogens with one attached hydrogen (secondary N) is 2. The van der Waals surface area contributed by atoms with Crippen molar-refractivity contribution in [3.05, 3.63) is 40.3 Å². The van der Waals surface area contributed by atoms with Crippen molar-refractivity contribution in [1.29, 1.82) is 0 Å². The van der Waals surface area contributed by atoms with Crippen LogP contribution in [0.5, 0.6) is 0 Å². The number of carbonyl (C=O) groups is 1. The Morgan fingerprint density at radius 2 is 1.93 bits per heavy atom. The van der Waals surface area contributed by atoms with E-state index < -0.39 is 0 Å². The maximum Gasteiger partial charge on any atom is 0.261 e. The average Bonchev–Trinajstić information content (AvgIpc) is 3.35. The van der Waals surface area contributed by atoms with E-state index in [9.17, 15) is 4.79 Å². The molecule has 144 valence electrons. The van der Waals surface area contributed by atoms with Crippen LogP contribution < -0.4 is 10.6 Å². The van der Waals surface area contributed by atoms with Crippen LogP contribution in [0.3, 0.4) is 0 Å². The molecule has 0 radical (unpaired) electrons. The van der Waals surface area contributed by atoms with Gasteiger partial charge in [-0.3, -0.25) is 4.79 Å². The van der Waals surface area contributed by atoms with Gasteiger partial charge in [0.25, 0.3) is 5.91 Å². The van der Waals surface area contributed by atoms with Crippen LogP contribution in [0, 0.1) is 0 Å². The number of rotatable bonds is 4. The van der Waals surface area contributed by atoms with Gasteiger partial charge in [0.05, 0.1) is 35.9 Å². The number of fused-ring (bicyclic) bond motifs is 1. The summed E-state index contributed by atoms with van der Waals surface area (Å²) in [5.74, 6) is 0.492. The number of hydrogen-bond acceptors (Lipinski definition) is 7. The van der Waals surface area contributed by atoms with Crippen LogP contribution in [-0.2, 0) is 14.9 Å². The van der Waals surface area contributed by atoms with E-state index in [0.717, 1.165) is 5.69 Å². The summed E-state index contributed by atoms with van der Waals surface area (Å²) in [6.45, 7) is 7.29. The number of ether oxygens (including phenoxy) is 2. The molecule has 8 heteroatoms. The van der Waals surface area contributed by atoms with Crippen molar-refractivity contribution in [2.45, 2.75) is 50.5 Å². The molecule has 2 aromatic rings. The maximum atomic E-state index is 12.3. The van der Waals surface area contributed by atoms with Crippen molar-refractivity contribution >= 4 is 23.2 Å². The monoisotopic (exact) mass is 388 g/mol. The lowest BCUT2D eigenvalue weighted by atomic mass is 9.92. The predicted octanol–water partition coefficient (Wildman–Crippen LogP) is 2.21. The zero-order valence-electron chi connectivity index (χ0n) is 15.6. The summed E-state index contributed by atoms with van der Waals surface area (Å²) in [6.07, 6.45) is 1.46. The fourth-order valence-electron chi connectivity index (χ4n) is 3.41. The lowest BCUT2D eigenvalue weighted by Crippen LogP contribution is -2.44. The third kappa shape index (κ3) is 3.83. The molecule has 0 saturated carbocycles. The molecule has 4 rings (SSSR count). The van der Waals surface area contributed by atoms with Gasteiger partial charge in [-0.2, -0.15) is 0 Å². The molecule has 2 N–H and O–H groups in total. The molecule has 2 saturated heterocycles. The van der Waals surface area contributed by atoms with Gasteiger partial charge in [-0.1, -0.05) is 26.8 Å². The molecule has 2 aliphatic heterocycles. The number of thiophene rings is 1. The molecule has 27 heavy (non-hydrogen) atoms. The summed E-state index contributed by atoms with van der Waals surface area (Å²) in [4.78, 5) is 22.0. The Morgan fingerprint density at radius 3 is 2.63 bits per heavy atom. The first-order chi connectivity index (χ1) is 12.9. The van der Waals surface area contributed by atoms with Crippen LogP contribution in [0.1, 0.15) is 36.1 Å². The zero-order chi connectivity index (χ0) is 19.0. The second-order valence-corrected chi connectivity index (χ2v) is 8.87. The highest BCUT2D eigenvalue weighted by Crippen LogP contribution is 2.29. The fourth-order valence-corrected chi connectivity index (χ4v) is 4.03. The predicted molar refractivity (Wildman–Crippen MR) is 103 cm³/mol. The highest BCUT2D eigenvalue weighted by Gasteiger charge is 2.48. The maximum absolute atomic E-state index is 12.3. The van der Waals surface area contributed by atoms with Crippen LogP contribution in [0.25, 0.3) is 0 Å². The molecule has 2 fully saturated rings.